The fourth-order valence-corrected chi connectivity index (χ4v) is 5.10. The van der Waals surface area contributed by atoms with Crippen LogP contribution in [-0.4, -0.2) is 31.5 Å². The number of carbonyl (C=O) groups excluding carboxylic acids is 1. The number of carbonyl (C=O) groups is 1. The van der Waals surface area contributed by atoms with E-state index in [-0.39, 0.29) is 5.97 Å². The molecule has 1 saturated heterocycles. The van der Waals surface area contributed by atoms with Crippen LogP contribution in [0.15, 0.2) is 0 Å². The van der Waals surface area contributed by atoms with Crippen molar-refractivity contribution in [3.63, 3.8) is 0 Å². The molecule has 0 saturated carbocycles. The van der Waals surface area contributed by atoms with Gasteiger partial charge in [0, 0.05) is 5.75 Å². The van der Waals surface area contributed by atoms with Crippen LogP contribution in [0, 0.1) is 5.92 Å². The summed E-state index contributed by atoms with van der Waals surface area (Å²) in [5, 5.41) is 2.80. The third-order valence-corrected chi connectivity index (χ3v) is 6.15. The van der Waals surface area contributed by atoms with E-state index < -0.39 is 12.8 Å². The molecule has 0 aromatic carbocycles. The average Bonchev–Trinajstić information content (AvgIpc) is 2.62. The van der Waals surface area contributed by atoms with E-state index in [9.17, 15) is 9.36 Å². The number of rotatable bonds is 5. The van der Waals surface area contributed by atoms with Gasteiger partial charge in [-0.1, -0.05) is 25.2 Å². The molecule has 7 heteroatoms. The Bertz CT molecular complexity index is 287. The molecule has 0 aliphatic carbocycles. The molecule has 1 heterocycles. The smallest absolute Gasteiger partial charge is 0.327 e. The predicted molar refractivity (Wildman–Crippen MR) is 64.4 cm³/mol. The normalized spacial score (nSPS) is 27.0. The second-order valence-corrected chi connectivity index (χ2v) is 8.39. The van der Waals surface area contributed by atoms with Crippen molar-refractivity contribution in [3.8, 4) is 0 Å². The third kappa shape index (κ3) is 4.09. The molecule has 0 bridgehead atoms. The summed E-state index contributed by atoms with van der Waals surface area (Å²) in [6.07, 6.45) is 0.584. The SMILES string of the molecule is COC(=O)[C@H](CC(C)C)NP1(=O)OCCS1. The lowest BCUT2D eigenvalue weighted by Gasteiger charge is -2.21. The number of nitrogens with one attached hydrogen (secondary N) is 1. The van der Waals surface area contributed by atoms with E-state index in [1.165, 1.54) is 18.5 Å². The summed E-state index contributed by atoms with van der Waals surface area (Å²) in [5.41, 5.74) is 0. The maximum absolute atomic E-state index is 12.0. The number of methoxy groups -OCH3 is 1. The lowest BCUT2D eigenvalue weighted by Crippen LogP contribution is -2.36. The predicted octanol–water partition coefficient (Wildman–Crippen LogP) is 2.04. The van der Waals surface area contributed by atoms with E-state index in [4.69, 9.17) is 4.52 Å². The van der Waals surface area contributed by atoms with Gasteiger partial charge in [0.2, 0.25) is 0 Å². The largest absolute Gasteiger partial charge is 0.468 e. The molecule has 16 heavy (non-hydrogen) atoms. The van der Waals surface area contributed by atoms with Crippen molar-refractivity contribution in [1.82, 2.24) is 5.09 Å². The number of hydrogen-bond acceptors (Lipinski definition) is 5. The van der Waals surface area contributed by atoms with Gasteiger partial charge in [-0.25, -0.2) is 5.09 Å². The molecule has 94 valence electrons. The highest BCUT2D eigenvalue weighted by Crippen LogP contribution is 2.60. The third-order valence-electron chi connectivity index (χ3n) is 2.11. The molecule has 0 spiro atoms. The maximum Gasteiger partial charge on any atom is 0.327 e. The van der Waals surface area contributed by atoms with Crippen LogP contribution in [-0.2, 0) is 18.6 Å². The molecular formula is C9H18NO4PS. The van der Waals surface area contributed by atoms with Gasteiger partial charge in [-0.15, -0.1) is 0 Å². The monoisotopic (exact) mass is 267 g/mol. The number of ether oxygens (including phenoxy) is 1. The van der Waals surface area contributed by atoms with E-state index in [1.807, 2.05) is 13.8 Å². The van der Waals surface area contributed by atoms with E-state index in [0.29, 0.717) is 24.7 Å². The quantitative estimate of drug-likeness (QED) is 0.607. The summed E-state index contributed by atoms with van der Waals surface area (Å²) in [6, 6.07) is -0.554. The van der Waals surface area contributed by atoms with Crippen LogP contribution in [0.25, 0.3) is 0 Å². The highest BCUT2D eigenvalue weighted by Gasteiger charge is 2.35. The lowest BCUT2D eigenvalue weighted by atomic mass is 10.1. The lowest BCUT2D eigenvalue weighted by molar-refractivity contribution is -0.143. The standard InChI is InChI=1S/C9H18NO4PS/c1-7(2)6-8(9(11)13-3)10-15(12)14-4-5-16-15/h7-8H,4-6H2,1-3H3,(H,10,12)/t8-,15?/m0/s1. The van der Waals surface area contributed by atoms with Gasteiger partial charge >= 0.3 is 12.7 Å². The summed E-state index contributed by atoms with van der Waals surface area (Å²) >= 11 is 1.24. The van der Waals surface area contributed by atoms with Crippen LogP contribution < -0.4 is 5.09 Å². The minimum atomic E-state index is -2.88. The van der Waals surface area contributed by atoms with Gasteiger partial charge in [0.25, 0.3) is 0 Å². The zero-order chi connectivity index (χ0) is 12.2. The maximum atomic E-state index is 12.0. The van der Waals surface area contributed by atoms with Crippen LogP contribution >= 0.6 is 18.1 Å². The second-order valence-electron chi connectivity index (χ2n) is 4.00. The van der Waals surface area contributed by atoms with Crippen LogP contribution in [0.1, 0.15) is 20.3 Å². The second kappa shape index (κ2) is 6.05. The molecule has 1 fully saturated rings. The van der Waals surface area contributed by atoms with Crippen molar-refractivity contribution in [2.24, 2.45) is 5.92 Å². The fraction of sp³-hybridized carbons (Fsp3) is 0.889. The number of hydrogen-bond donors (Lipinski definition) is 1. The van der Waals surface area contributed by atoms with Crippen LogP contribution in [0.4, 0.5) is 0 Å². The Labute approximate surface area is 99.9 Å². The Kier molecular flexibility index (Phi) is 5.31. The highest BCUT2D eigenvalue weighted by atomic mass is 32.7. The van der Waals surface area contributed by atoms with E-state index in [0.717, 1.165) is 0 Å². The Morgan fingerprint density at radius 3 is 2.75 bits per heavy atom. The van der Waals surface area contributed by atoms with Crippen molar-refractivity contribution < 1.29 is 18.6 Å². The first-order valence-corrected chi connectivity index (χ1v) is 8.43. The first-order chi connectivity index (χ1) is 7.47. The molecule has 2 atom stereocenters. The average molecular weight is 267 g/mol. The molecule has 0 aromatic heterocycles. The Morgan fingerprint density at radius 2 is 2.31 bits per heavy atom. The van der Waals surface area contributed by atoms with Crippen molar-refractivity contribution in [1.29, 1.82) is 0 Å². The van der Waals surface area contributed by atoms with Crippen molar-refractivity contribution in [3.05, 3.63) is 0 Å². The molecule has 1 rings (SSSR count). The van der Waals surface area contributed by atoms with E-state index in [1.54, 1.807) is 0 Å². The first-order valence-electron chi connectivity index (χ1n) is 5.21. The van der Waals surface area contributed by atoms with E-state index >= 15 is 0 Å². The van der Waals surface area contributed by atoms with Gasteiger partial charge in [0.05, 0.1) is 13.7 Å². The van der Waals surface area contributed by atoms with Gasteiger partial charge < -0.3 is 9.26 Å². The van der Waals surface area contributed by atoms with Crippen LogP contribution in [0.5, 0.6) is 0 Å². The summed E-state index contributed by atoms with van der Waals surface area (Å²) < 4.78 is 21.9. The van der Waals surface area contributed by atoms with E-state index in [2.05, 4.69) is 9.82 Å². The molecule has 1 unspecified atom stereocenters. The van der Waals surface area contributed by atoms with Crippen LogP contribution in [0.3, 0.4) is 0 Å². The minimum Gasteiger partial charge on any atom is -0.468 e. The molecule has 1 aliphatic rings. The summed E-state index contributed by atoms with van der Waals surface area (Å²) in [4.78, 5) is 11.5. The van der Waals surface area contributed by atoms with Gasteiger partial charge in [0.1, 0.15) is 6.04 Å². The topological polar surface area (TPSA) is 64.6 Å². The van der Waals surface area contributed by atoms with Crippen LogP contribution in [0.2, 0.25) is 0 Å². The van der Waals surface area contributed by atoms with Crippen molar-refractivity contribution in [2.75, 3.05) is 19.5 Å². The molecule has 0 radical (unpaired) electrons. The summed E-state index contributed by atoms with van der Waals surface area (Å²) in [7, 11) is 1.33. The minimum absolute atomic E-state index is 0.316. The molecule has 0 aromatic rings. The van der Waals surface area contributed by atoms with Gasteiger partial charge in [-0.2, -0.15) is 0 Å². The zero-order valence-electron chi connectivity index (χ0n) is 9.76. The Balaban J connectivity index is 2.62. The molecule has 5 nitrogen and oxygen atoms in total. The molecule has 0 amide bonds. The first kappa shape index (κ1) is 14.0. The number of esters is 1. The highest BCUT2D eigenvalue weighted by molar-refractivity contribution is 8.56. The molecule has 1 N–H and O–H groups in total. The summed E-state index contributed by atoms with van der Waals surface area (Å²) in [6.45, 7) is 1.57. The van der Waals surface area contributed by atoms with Gasteiger partial charge in [0.15, 0.2) is 0 Å². The Hall–Kier alpha value is -0.0300. The Morgan fingerprint density at radius 1 is 1.62 bits per heavy atom. The van der Waals surface area contributed by atoms with Crippen molar-refractivity contribution in [2.45, 2.75) is 26.3 Å². The fourth-order valence-electron chi connectivity index (χ4n) is 1.43. The van der Waals surface area contributed by atoms with Gasteiger partial charge in [-0.3, -0.25) is 9.36 Å². The zero-order valence-corrected chi connectivity index (χ0v) is 11.5. The molecule has 1 aliphatic heterocycles. The summed E-state index contributed by atoms with van der Waals surface area (Å²) in [5.74, 6) is 0.621. The van der Waals surface area contributed by atoms with Gasteiger partial charge in [-0.05, 0) is 12.3 Å². The molecular weight excluding hydrogens is 249 g/mol. The van der Waals surface area contributed by atoms with Crippen molar-refractivity contribution >= 4 is 24.1 Å².